The van der Waals surface area contributed by atoms with E-state index in [1.165, 1.54) is 0 Å². The predicted octanol–water partition coefficient (Wildman–Crippen LogP) is 6.55. The zero-order valence-electron chi connectivity index (χ0n) is 18.5. The van der Waals surface area contributed by atoms with Crippen LogP contribution in [0.3, 0.4) is 0 Å². The predicted molar refractivity (Wildman–Crippen MR) is 140 cm³/mol. The Morgan fingerprint density at radius 3 is 1.43 bits per heavy atom. The van der Waals surface area contributed by atoms with Crippen LogP contribution >= 0.6 is 11.3 Å². The van der Waals surface area contributed by atoms with Crippen LogP contribution in [-0.2, 0) is 0 Å². The number of imidazole rings is 2. The molecule has 166 valence electrons. The Hall–Kier alpha value is -4.62. The Morgan fingerprint density at radius 1 is 0.486 bits per heavy atom. The Labute approximate surface area is 204 Å². The van der Waals surface area contributed by atoms with Crippen molar-refractivity contribution in [3.63, 3.8) is 0 Å². The lowest BCUT2D eigenvalue weighted by Gasteiger charge is -2.09. The fourth-order valence-electron chi connectivity index (χ4n) is 4.47. The van der Waals surface area contributed by atoms with E-state index in [1.807, 2.05) is 73.3 Å². The lowest BCUT2D eigenvalue weighted by molar-refractivity contribution is 1.06. The summed E-state index contributed by atoms with van der Waals surface area (Å²) >= 11 is 1.58. The maximum Gasteiger partial charge on any atom is 0.150 e. The summed E-state index contributed by atoms with van der Waals surface area (Å²) in [5, 5.41) is 10.9. The first-order valence-corrected chi connectivity index (χ1v) is 12.1. The maximum absolute atomic E-state index is 4.61. The molecule has 3 heterocycles. The molecule has 0 aliphatic carbocycles. The fraction of sp³-hybridized carbons (Fsp3) is 0. The van der Waals surface area contributed by atoms with Gasteiger partial charge in [0.05, 0.1) is 33.4 Å². The number of aromatic nitrogens is 6. The Balaban J connectivity index is 1.35. The minimum Gasteiger partial charge on any atom is -0.298 e. The molecular formula is C28H18N6S. The van der Waals surface area contributed by atoms with Gasteiger partial charge >= 0.3 is 0 Å². The Morgan fingerprint density at radius 2 is 0.914 bits per heavy atom. The second-order valence-corrected chi connectivity index (χ2v) is 9.13. The molecule has 0 saturated heterocycles. The first-order chi connectivity index (χ1) is 17.4. The first-order valence-electron chi connectivity index (χ1n) is 11.2. The van der Waals surface area contributed by atoms with Crippen LogP contribution in [0.5, 0.6) is 0 Å². The van der Waals surface area contributed by atoms with Crippen molar-refractivity contribution in [2.24, 2.45) is 0 Å². The number of nitrogens with zero attached hydrogens (tertiary/aromatic N) is 6. The van der Waals surface area contributed by atoms with Crippen LogP contribution in [0.2, 0.25) is 0 Å². The summed E-state index contributed by atoms with van der Waals surface area (Å²) < 4.78 is 4.22. The average molecular weight is 471 g/mol. The van der Waals surface area contributed by atoms with Crippen LogP contribution in [0.15, 0.2) is 110 Å². The molecule has 3 aromatic heterocycles. The van der Waals surface area contributed by atoms with Crippen molar-refractivity contribution in [1.82, 2.24) is 29.3 Å². The molecule has 0 radical (unpaired) electrons. The molecule has 6 nitrogen and oxygen atoms in total. The van der Waals surface area contributed by atoms with Crippen LogP contribution in [0.1, 0.15) is 0 Å². The van der Waals surface area contributed by atoms with E-state index in [1.54, 1.807) is 11.3 Å². The van der Waals surface area contributed by atoms with E-state index in [-0.39, 0.29) is 0 Å². The van der Waals surface area contributed by atoms with Gasteiger partial charge in [-0.25, -0.2) is 9.97 Å². The maximum atomic E-state index is 4.61. The third-order valence-corrected chi connectivity index (χ3v) is 7.11. The van der Waals surface area contributed by atoms with Crippen molar-refractivity contribution >= 4 is 33.4 Å². The minimum atomic E-state index is 0.860. The van der Waals surface area contributed by atoms with Gasteiger partial charge in [0.1, 0.15) is 22.7 Å². The number of hydrogen-bond acceptors (Lipinski definition) is 5. The molecule has 0 amide bonds. The Kier molecular flexibility index (Phi) is 4.53. The lowest BCUT2D eigenvalue weighted by atomic mass is 10.2. The van der Waals surface area contributed by atoms with Gasteiger partial charge in [-0.3, -0.25) is 9.13 Å². The van der Waals surface area contributed by atoms with Gasteiger partial charge in [-0.15, -0.1) is 10.2 Å². The van der Waals surface area contributed by atoms with Gasteiger partial charge in [-0.1, -0.05) is 59.9 Å². The largest absolute Gasteiger partial charge is 0.298 e. The molecule has 0 N–H and O–H groups in total. The van der Waals surface area contributed by atoms with Gasteiger partial charge in [0, 0.05) is 11.1 Å². The third-order valence-electron chi connectivity index (χ3n) is 6.12. The zero-order valence-corrected chi connectivity index (χ0v) is 19.3. The molecule has 7 heteroatoms. The van der Waals surface area contributed by atoms with E-state index in [2.05, 4.69) is 65.7 Å². The van der Waals surface area contributed by atoms with Crippen molar-refractivity contribution in [3.05, 3.63) is 110 Å². The molecule has 7 aromatic rings. The van der Waals surface area contributed by atoms with E-state index in [9.17, 15) is 0 Å². The van der Waals surface area contributed by atoms with Gasteiger partial charge in [0.2, 0.25) is 0 Å². The number of rotatable bonds is 4. The smallest absolute Gasteiger partial charge is 0.150 e. The van der Waals surface area contributed by atoms with Gasteiger partial charge in [-0.2, -0.15) is 0 Å². The molecule has 0 atom stereocenters. The molecule has 0 fully saturated rings. The van der Waals surface area contributed by atoms with Gasteiger partial charge in [-0.05, 0) is 48.5 Å². The van der Waals surface area contributed by atoms with Gasteiger partial charge < -0.3 is 0 Å². The van der Waals surface area contributed by atoms with Crippen LogP contribution in [-0.4, -0.2) is 29.3 Å². The van der Waals surface area contributed by atoms with Crippen LogP contribution in [0.25, 0.3) is 54.6 Å². The topological polar surface area (TPSA) is 61.4 Å². The summed E-state index contributed by atoms with van der Waals surface area (Å²) in [7, 11) is 0. The van der Waals surface area contributed by atoms with Gasteiger partial charge in [0.25, 0.3) is 0 Å². The monoisotopic (exact) mass is 470 g/mol. The molecule has 0 spiro atoms. The second kappa shape index (κ2) is 8.00. The fourth-order valence-corrected chi connectivity index (χ4v) is 5.38. The van der Waals surface area contributed by atoms with Crippen molar-refractivity contribution in [1.29, 1.82) is 0 Å². The molecule has 7 rings (SSSR count). The van der Waals surface area contributed by atoms with Crippen LogP contribution < -0.4 is 0 Å². The number of para-hydroxylation sites is 6. The summed E-state index contributed by atoms with van der Waals surface area (Å²) in [5.41, 5.74) is 8.12. The Bertz CT molecular complexity index is 1690. The number of benzene rings is 4. The van der Waals surface area contributed by atoms with Crippen molar-refractivity contribution in [3.8, 4) is 32.5 Å². The molecular weight excluding hydrogens is 452 g/mol. The molecule has 0 aliphatic rings. The average Bonchev–Trinajstić information content (AvgIpc) is 3.67. The molecule has 0 saturated carbocycles. The van der Waals surface area contributed by atoms with E-state index < -0.39 is 0 Å². The minimum absolute atomic E-state index is 0.860. The zero-order chi connectivity index (χ0) is 23.2. The molecule has 35 heavy (non-hydrogen) atoms. The highest BCUT2D eigenvalue weighted by Gasteiger charge is 2.17. The molecule has 0 aliphatic heterocycles. The van der Waals surface area contributed by atoms with Crippen LogP contribution in [0, 0.1) is 0 Å². The normalized spacial score (nSPS) is 11.4. The third kappa shape index (κ3) is 3.25. The standard InChI is InChI=1S/C28H18N6S/c1-5-13-23(33-17-29-21-11-3-7-15-25(21)33)19(9-1)27-31-32-28(35-27)20-10-2-6-14-24(20)34-18-30-22-12-4-8-16-26(22)34/h1-18H. The lowest BCUT2D eigenvalue weighted by Crippen LogP contribution is -1.95. The second-order valence-electron chi connectivity index (χ2n) is 8.15. The summed E-state index contributed by atoms with van der Waals surface area (Å²) in [5.74, 6) is 0. The molecule has 4 aromatic carbocycles. The summed E-state index contributed by atoms with van der Waals surface area (Å²) in [6.45, 7) is 0. The van der Waals surface area contributed by atoms with E-state index in [0.29, 0.717) is 0 Å². The SMILES string of the molecule is c1ccc(-n2cnc3ccccc32)c(-c2nnc(-c3ccccc3-n3cnc4ccccc43)s2)c1. The summed E-state index contributed by atoms with van der Waals surface area (Å²) in [4.78, 5) is 9.14. The van der Waals surface area contributed by atoms with E-state index in [0.717, 1.165) is 54.6 Å². The number of fused-ring (bicyclic) bond motifs is 2. The first kappa shape index (κ1) is 19.8. The van der Waals surface area contributed by atoms with E-state index >= 15 is 0 Å². The highest BCUT2D eigenvalue weighted by molar-refractivity contribution is 7.18. The number of hydrogen-bond donors (Lipinski definition) is 0. The van der Waals surface area contributed by atoms with Crippen molar-refractivity contribution in [2.75, 3.05) is 0 Å². The summed E-state index contributed by atoms with van der Waals surface area (Å²) in [6.07, 6.45) is 3.73. The highest BCUT2D eigenvalue weighted by atomic mass is 32.1. The van der Waals surface area contributed by atoms with E-state index in [4.69, 9.17) is 0 Å². The van der Waals surface area contributed by atoms with Crippen LogP contribution in [0.4, 0.5) is 0 Å². The molecule has 0 bridgehead atoms. The van der Waals surface area contributed by atoms with Gasteiger partial charge in [0.15, 0.2) is 0 Å². The molecule has 0 unspecified atom stereocenters. The summed E-state index contributed by atoms with van der Waals surface area (Å²) in [6, 6.07) is 32.8. The highest BCUT2D eigenvalue weighted by Crippen LogP contribution is 2.36. The van der Waals surface area contributed by atoms with Crippen molar-refractivity contribution < 1.29 is 0 Å². The quantitative estimate of drug-likeness (QED) is 0.293. The van der Waals surface area contributed by atoms with Crippen molar-refractivity contribution in [2.45, 2.75) is 0 Å².